The molecule has 1 fully saturated rings. The summed E-state index contributed by atoms with van der Waals surface area (Å²) in [4.78, 5) is 27.1. The number of ether oxygens (including phenoxy) is 1. The molecule has 0 atom stereocenters. The van der Waals surface area contributed by atoms with Gasteiger partial charge in [-0.15, -0.1) is 0 Å². The zero-order valence-corrected chi connectivity index (χ0v) is 15.7. The van der Waals surface area contributed by atoms with Crippen LogP contribution in [0.5, 0.6) is 0 Å². The highest BCUT2D eigenvalue weighted by molar-refractivity contribution is 6.44. The van der Waals surface area contributed by atoms with Gasteiger partial charge in [0, 0.05) is 18.8 Å². The maximum atomic E-state index is 12.5. The molecule has 1 aliphatic heterocycles. The van der Waals surface area contributed by atoms with Crippen molar-refractivity contribution in [3.05, 3.63) is 53.6 Å². The first-order chi connectivity index (χ1) is 13.1. The highest BCUT2D eigenvalue weighted by Crippen LogP contribution is 2.26. The molecule has 1 heterocycles. The van der Waals surface area contributed by atoms with E-state index in [1.807, 2.05) is 50.2 Å². The molecule has 0 radical (unpaired) electrons. The third kappa shape index (κ3) is 4.46. The molecule has 3 rings (SSSR count). The Balaban J connectivity index is 1.73. The fourth-order valence-electron chi connectivity index (χ4n) is 3.21. The summed E-state index contributed by atoms with van der Waals surface area (Å²) < 4.78 is 5.39. The summed E-state index contributed by atoms with van der Waals surface area (Å²) >= 11 is 0. The van der Waals surface area contributed by atoms with E-state index in [9.17, 15) is 9.59 Å². The minimum Gasteiger partial charge on any atom is -0.378 e. The predicted molar refractivity (Wildman–Crippen MR) is 107 cm³/mol. The van der Waals surface area contributed by atoms with Crippen molar-refractivity contribution in [2.75, 3.05) is 41.8 Å². The van der Waals surface area contributed by atoms with E-state index in [4.69, 9.17) is 4.74 Å². The average molecular weight is 367 g/mol. The molecule has 2 N–H and O–H groups in total. The Bertz CT molecular complexity index is 829. The maximum Gasteiger partial charge on any atom is 0.314 e. The van der Waals surface area contributed by atoms with E-state index in [0.717, 1.165) is 36.3 Å². The summed E-state index contributed by atoms with van der Waals surface area (Å²) in [5.41, 5.74) is 4.17. The number of hydrogen-bond donors (Lipinski definition) is 2. The second-order valence-corrected chi connectivity index (χ2v) is 6.49. The molecule has 0 aromatic heterocycles. The summed E-state index contributed by atoms with van der Waals surface area (Å²) in [6.45, 7) is 6.74. The first-order valence-electron chi connectivity index (χ1n) is 9.22. The second kappa shape index (κ2) is 8.68. The molecule has 0 spiro atoms. The summed E-state index contributed by atoms with van der Waals surface area (Å²) in [5, 5.41) is 5.52. The first-order valence-corrected chi connectivity index (χ1v) is 9.22. The molecule has 6 heteroatoms. The van der Waals surface area contributed by atoms with E-state index in [2.05, 4.69) is 15.5 Å². The molecule has 6 nitrogen and oxygen atoms in total. The van der Waals surface area contributed by atoms with Crippen LogP contribution in [0.15, 0.2) is 42.5 Å². The minimum atomic E-state index is -0.680. The summed E-state index contributed by atoms with van der Waals surface area (Å²) in [5.74, 6) is -1.35. The van der Waals surface area contributed by atoms with Crippen molar-refractivity contribution >= 4 is 28.9 Å². The lowest BCUT2D eigenvalue weighted by Gasteiger charge is -2.30. The number of carbonyl (C=O) groups excluding carboxylic acids is 2. The van der Waals surface area contributed by atoms with Crippen LogP contribution in [0, 0.1) is 6.92 Å². The van der Waals surface area contributed by atoms with Crippen LogP contribution in [0.1, 0.15) is 18.1 Å². The van der Waals surface area contributed by atoms with Crippen LogP contribution >= 0.6 is 0 Å². The normalized spacial score (nSPS) is 13.9. The lowest BCUT2D eigenvalue weighted by atomic mass is 10.1. The molecule has 2 aromatic carbocycles. The van der Waals surface area contributed by atoms with Gasteiger partial charge in [0.1, 0.15) is 0 Å². The Morgan fingerprint density at radius 2 is 1.70 bits per heavy atom. The molecule has 27 heavy (non-hydrogen) atoms. The number of nitrogens with one attached hydrogen (secondary N) is 2. The Kier molecular flexibility index (Phi) is 6.08. The van der Waals surface area contributed by atoms with Gasteiger partial charge in [-0.25, -0.2) is 0 Å². The van der Waals surface area contributed by atoms with Gasteiger partial charge in [-0.3, -0.25) is 9.59 Å². The highest BCUT2D eigenvalue weighted by Gasteiger charge is 2.20. The predicted octanol–water partition coefficient (Wildman–Crippen LogP) is 2.97. The number of aryl methyl sites for hydroxylation is 2. The van der Waals surface area contributed by atoms with Gasteiger partial charge in [-0.05, 0) is 36.6 Å². The average Bonchev–Trinajstić information content (AvgIpc) is 2.70. The zero-order valence-electron chi connectivity index (χ0n) is 15.7. The highest BCUT2D eigenvalue weighted by atomic mass is 16.5. The number of carbonyl (C=O) groups is 2. The minimum absolute atomic E-state index is 0.625. The SMILES string of the molecule is CCc1cccc(C)c1NC(=O)C(=O)Nc1ccccc1N1CCOCC1. The second-order valence-electron chi connectivity index (χ2n) is 6.49. The third-order valence-electron chi connectivity index (χ3n) is 4.69. The topological polar surface area (TPSA) is 70.7 Å². The zero-order chi connectivity index (χ0) is 19.2. The maximum absolute atomic E-state index is 12.5. The van der Waals surface area contributed by atoms with Crippen LogP contribution in [0.25, 0.3) is 0 Å². The van der Waals surface area contributed by atoms with Crippen LogP contribution in [0.3, 0.4) is 0 Å². The summed E-state index contributed by atoms with van der Waals surface area (Å²) in [6.07, 6.45) is 0.777. The van der Waals surface area contributed by atoms with Crippen molar-refractivity contribution in [2.24, 2.45) is 0 Å². The van der Waals surface area contributed by atoms with Crippen LogP contribution < -0.4 is 15.5 Å². The number of hydrogen-bond acceptors (Lipinski definition) is 4. The van der Waals surface area contributed by atoms with Crippen LogP contribution in [-0.2, 0) is 20.7 Å². The molecule has 0 aliphatic carbocycles. The Morgan fingerprint density at radius 3 is 2.44 bits per heavy atom. The number of nitrogens with zero attached hydrogens (tertiary/aromatic N) is 1. The van der Waals surface area contributed by atoms with E-state index in [1.54, 1.807) is 6.07 Å². The molecular weight excluding hydrogens is 342 g/mol. The van der Waals surface area contributed by atoms with Crippen LogP contribution in [0.2, 0.25) is 0 Å². The van der Waals surface area contributed by atoms with E-state index in [-0.39, 0.29) is 0 Å². The number of rotatable bonds is 4. The molecule has 2 amide bonds. The largest absolute Gasteiger partial charge is 0.378 e. The van der Waals surface area contributed by atoms with Crippen molar-refractivity contribution in [3.8, 4) is 0 Å². The number of para-hydroxylation sites is 3. The van der Waals surface area contributed by atoms with E-state index >= 15 is 0 Å². The number of morpholine rings is 1. The molecule has 0 saturated carbocycles. The van der Waals surface area contributed by atoms with Gasteiger partial charge in [0.2, 0.25) is 0 Å². The Morgan fingerprint density at radius 1 is 1.00 bits per heavy atom. The summed E-state index contributed by atoms with van der Waals surface area (Å²) in [6, 6.07) is 13.3. The van der Waals surface area contributed by atoms with Crippen LogP contribution in [0.4, 0.5) is 17.1 Å². The van der Waals surface area contributed by atoms with Crippen molar-refractivity contribution in [1.82, 2.24) is 0 Å². The van der Waals surface area contributed by atoms with Gasteiger partial charge in [-0.1, -0.05) is 37.3 Å². The lowest BCUT2D eigenvalue weighted by Crippen LogP contribution is -2.37. The molecule has 1 saturated heterocycles. The van der Waals surface area contributed by atoms with E-state index in [0.29, 0.717) is 24.6 Å². The summed E-state index contributed by atoms with van der Waals surface area (Å²) in [7, 11) is 0. The van der Waals surface area contributed by atoms with E-state index < -0.39 is 11.8 Å². The van der Waals surface area contributed by atoms with Gasteiger partial charge >= 0.3 is 11.8 Å². The van der Waals surface area contributed by atoms with Gasteiger partial charge < -0.3 is 20.3 Å². The quantitative estimate of drug-likeness (QED) is 0.815. The van der Waals surface area contributed by atoms with Gasteiger partial charge in [0.05, 0.1) is 24.6 Å². The number of amides is 2. The number of benzene rings is 2. The molecule has 1 aliphatic rings. The smallest absolute Gasteiger partial charge is 0.314 e. The monoisotopic (exact) mass is 367 g/mol. The van der Waals surface area contributed by atoms with Crippen molar-refractivity contribution in [3.63, 3.8) is 0 Å². The van der Waals surface area contributed by atoms with E-state index in [1.165, 1.54) is 0 Å². The molecule has 142 valence electrons. The lowest BCUT2D eigenvalue weighted by molar-refractivity contribution is -0.133. The van der Waals surface area contributed by atoms with Crippen molar-refractivity contribution < 1.29 is 14.3 Å². The first kappa shape index (κ1) is 18.9. The van der Waals surface area contributed by atoms with Crippen LogP contribution in [-0.4, -0.2) is 38.1 Å². The standard InChI is InChI=1S/C21H25N3O3/c1-3-16-8-6-7-15(2)19(16)23-21(26)20(25)22-17-9-4-5-10-18(17)24-11-13-27-14-12-24/h4-10H,3,11-14H2,1-2H3,(H,22,25)(H,23,26). The Hall–Kier alpha value is -2.86. The molecule has 2 aromatic rings. The fourth-order valence-corrected chi connectivity index (χ4v) is 3.21. The number of anilines is 3. The fraction of sp³-hybridized carbons (Fsp3) is 0.333. The third-order valence-corrected chi connectivity index (χ3v) is 4.69. The Labute approximate surface area is 159 Å². The van der Waals surface area contributed by atoms with Gasteiger partial charge in [-0.2, -0.15) is 0 Å². The van der Waals surface area contributed by atoms with Crippen molar-refractivity contribution in [2.45, 2.75) is 20.3 Å². The van der Waals surface area contributed by atoms with Gasteiger partial charge in [0.25, 0.3) is 0 Å². The molecular formula is C21H25N3O3. The van der Waals surface area contributed by atoms with Crippen molar-refractivity contribution in [1.29, 1.82) is 0 Å². The molecule has 0 bridgehead atoms. The molecule has 0 unspecified atom stereocenters. The van der Waals surface area contributed by atoms with Gasteiger partial charge in [0.15, 0.2) is 0 Å².